The molecule has 1 aromatic carbocycles. The van der Waals surface area contributed by atoms with Crippen LogP contribution >= 0.6 is 0 Å². The molecule has 0 bridgehead atoms. The quantitative estimate of drug-likeness (QED) is 0.689. The standard InChI is InChI=1S/C17H20N2O4/c18-16(20)8-9-17(21)22-12-15-7-6-14(23-15)11-19-10-13-4-2-1-3-5-13/h1-7,19H,8-12H2,(H2,18,20). The van der Waals surface area contributed by atoms with Crippen LogP contribution in [-0.2, 0) is 34.0 Å². The smallest absolute Gasteiger partial charge is 0.306 e. The van der Waals surface area contributed by atoms with Crippen LogP contribution in [0.25, 0.3) is 0 Å². The van der Waals surface area contributed by atoms with Crippen LogP contribution in [0.3, 0.4) is 0 Å². The predicted octanol–water partition coefficient (Wildman–Crippen LogP) is 1.88. The van der Waals surface area contributed by atoms with Crippen LogP contribution in [0.1, 0.15) is 29.9 Å². The van der Waals surface area contributed by atoms with Crippen molar-refractivity contribution in [1.29, 1.82) is 0 Å². The number of benzene rings is 1. The molecule has 0 saturated carbocycles. The van der Waals surface area contributed by atoms with Gasteiger partial charge in [0.2, 0.25) is 5.91 Å². The molecule has 0 spiro atoms. The molecule has 0 aliphatic carbocycles. The van der Waals surface area contributed by atoms with Gasteiger partial charge in [-0.25, -0.2) is 0 Å². The molecular weight excluding hydrogens is 296 g/mol. The SMILES string of the molecule is NC(=O)CCC(=O)OCc1ccc(CNCc2ccccc2)o1. The summed E-state index contributed by atoms with van der Waals surface area (Å²) in [4.78, 5) is 21.9. The van der Waals surface area contributed by atoms with Crippen molar-refractivity contribution in [1.82, 2.24) is 5.32 Å². The number of hydrogen-bond acceptors (Lipinski definition) is 5. The zero-order valence-corrected chi connectivity index (χ0v) is 12.8. The van der Waals surface area contributed by atoms with Crippen molar-refractivity contribution in [2.75, 3.05) is 0 Å². The number of ether oxygens (including phenoxy) is 1. The fourth-order valence-electron chi connectivity index (χ4n) is 1.97. The first-order valence-corrected chi connectivity index (χ1v) is 7.39. The van der Waals surface area contributed by atoms with Gasteiger partial charge in [-0.05, 0) is 17.7 Å². The van der Waals surface area contributed by atoms with Gasteiger partial charge in [0, 0.05) is 13.0 Å². The van der Waals surface area contributed by atoms with Crippen LogP contribution < -0.4 is 11.1 Å². The third kappa shape index (κ3) is 6.36. The lowest BCUT2D eigenvalue weighted by Gasteiger charge is -2.03. The van der Waals surface area contributed by atoms with E-state index < -0.39 is 11.9 Å². The Kier molecular flexibility index (Phi) is 6.38. The molecule has 6 heteroatoms. The lowest BCUT2D eigenvalue weighted by atomic mass is 10.2. The Bertz CT molecular complexity index is 637. The summed E-state index contributed by atoms with van der Waals surface area (Å²) in [7, 11) is 0. The molecule has 122 valence electrons. The van der Waals surface area contributed by atoms with E-state index in [9.17, 15) is 9.59 Å². The van der Waals surface area contributed by atoms with Gasteiger partial charge in [0.25, 0.3) is 0 Å². The monoisotopic (exact) mass is 316 g/mol. The average molecular weight is 316 g/mol. The lowest BCUT2D eigenvalue weighted by molar-refractivity contribution is -0.146. The van der Waals surface area contributed by atoms with Gasteiger partial charge in [0.05, 0.1) is 13.0 Å². The molecule has 1 aromatic heterocycles. The highest BCUT2D eigenvalue weighted by molar-refractivity contribution is 5.79. The summed E-state index contributed by atoms with van der Waals surface area (Å²) in [5.74, 6) is 0.341. The second-order valence-electron chi connectivity index (χ2n) is 5.08. The minimum absolute atomic E-state index is 0.00829. The molecule has 6 nitrogen and oxygen atoms in total. The van der Waals surface area contributed by atoms with Gasteiger partial charge in [-0.2, -0.15) is 0 Å². The van der Waals surface area contributed by atoms with E-state index in [0.29, 0.717) is 12.3 Å². The summed E-state index contributed by atoms with van der Waals surface area (Å²) in [5, 5.41) is 3.28. The summed E-state index contributed by atoms with van der Waals surface area (Å²) in [6, 6.07) is 13.7. The molecule has 0 fully saturated rings. The fraction of sp³-hybridized carbons (Fsp3) is 0.294. The van der Waals surface area contributed by atoms with Crippen molar-refractivity contribution in [3.8, 4) is 0 Å². The molecule has 0 aliphatic heterocycles. The number of nitrogens with two attached hydrogens (primary N) is 1. The van der Waals surface area contributed by atoms with Gasteiger partial charge in [0.1, 0.15) is 18.1 Å². The molecule has 0 aliphatic rings. The third-order valence-corrected chi connectivity index (χ3v) is 3.14. The molecule has 23 heavy (non-hydrogen) atoms. The highest BCUT2D eigenvalue weighted by Gasteiger charge is 2.08. The number of furan rings is 1. The van der Waals surface area contributed by atoms with Gasteiger partial charge in [-0.15, -0.1) is 0 Å². The molecule has 2 rings (SSSR count). The van der Waals surface area contributed by atoms with Crippen molar-refractivity contribution in [2.45, 2.75) is 32.5 Å². The maximum absolute atomic E-state index is 11.4. The van der Waals surface area contributed by atoms with Crippen molar-refractivity contribution in [3.63, 3.8) is 0 Å². The van der Waals surface area contributed by atoms with Gasteiger partial charge < -0.3 is 20.2 Å². The largest absolute Gasteiger partial charge is 0.461 e. The molecule has 2 aromatic rings. The number of hydrogen-bond donors (Lipinski definition) is 2. The van der Waals surface area contributed by atoms with Crippen molar-refractivity contribution < 1.29 is 18.7 Å². The van der Waals surface area contributed by atoms with Gasteiger partial charge in [0.15, 0.2) is 0 Å². The number of carbonyl (C=O) groups is 2. The molecule has 0 atom stereocenters. The summed E-state index contributed by atoms with van der Waals surface area (Å²) in [6.45, 7) is 1.39. The molecule has 1 heterocycles. The van der Waals surface area contributed by atoms with Crippen LogP contribution in [0.15, 0.2) is 46.9 Å². The molecule has 0 radical (unpaired) electrons. The van der Waals surface area contributed by atoms with Crippen LogP contribution in [0.4, 0.5) is 0 Å². The number of rotatable bonds is 9. The maximum Gasteiger partial charge on any atom is 0.306 e. The van der Waals surface area contributed by atoms with Crippen LogP contribution in [0.2, 0.25) is 0 Å². The first kappa shape index (κ1) is 16.8. The number of primary amides is 1. The molecule has 0 unspecified atom stereocenters. The Morgan fingerprint density at radius 2 is 1.74 bits per heavy atom. The van der Waals surface area contributed by atoms with E-state index in [4.69, 9.17) is 14.9 Å². The van der Waals surface area contributed by atoms with E-state index in [1.165, 1.54) is 5.56 Å². The fourth-order valence-corrected chi connectivity index (χ4v) is 1.97. The van der Waals surface area contributed by atoms with Crippen LogP contribution in [-0.4, -0.2) is 11.9 Å². The summed E-state index contributed by atoms with van der Waals surface area (Å²) in [6.07, 6.45) is -0.0207. The number of amides is 1. The highest BCUT2D eigenvalue weighted by atomic mass is 16.5. The predicted molar refractivity (Wildman–Crippen MR) is 83.9 cm³/mol. The first-order chi connectivity index (χ1) is 11.1. The Hall–Kier alpha value is -2.60. The van der Waals surface area contributed by atoms with Gasteiger partial charge >= 0.3 is 5.97 Å². The first-order valence-electron chi connectivity index (χ1n) is 7.39. The topological polar surface area (TPSA) is 94.6 Å². The molecule has 0 saturated heterocycles. The van der Waals surface area contributed by atoms with E-state index in [1.54, 1.807) is 6.07 Å². The molecular formula is C17H20N2O4. The minimum atomic E-state index is -0.522. The molecule has 3 N–H and O–H groups in total. The van der Waals surface area contributed by atoms with Crippen molar-refractivity contribution >= 4 is 11.9 Å². The number of esters is 1. The summed E-state index contributed by atoms with van der Waals surface area (Å²) >= 11 is 0. The lowest BCUT2D eigenvalue weighted by Crippen LogP contribution is -2.14. The Morgan fingerprint density at radius 1 is 1.00 bits per heavy atom. The van der Waals surface area contributed by atoms with E-state index in [-0.39, 0.29) is 19.4 Å². The summed E-state index contributed by atoms with van der Waals surface area (Å²) < 4.78 is 10.6. The second-order valence-corrected chi connectivity index (χ2v) is 5.08. The zero-order valence-electron chi connectivity index (χ0n) is 12.8. The number of nitrogens with one attached hydrogen (secondary N) is 1. The highest BCUT2D eigenvalue weighted by Crippen LogP contribution is 2.10. The van der Waals surface area contributed by atoms with E-state index in [2.05, 4.69) is 5.32 Å². The molecule has 1 amide bonds. The second kappa shape index (κ2) is 8.75. The minimum Gasteiger partial charge on any atom is -0.461 e. The maximum atomic E-state index is 11.4. The van der Waals surface area contributed by atoms with E-state index in [1.807, 2.05) is 36.4 Å². The zero-order chi connectivity index (χ0) is 16.5. The summed E-state index contributed by atoms with van der Waals surface area (Å²) in [5.41, 5.74) is 6.16. The van der Waals surface area contributed by atoms with E-state index >= 15 is 0 Å². The average Bonchev–Trinajstić information content (AvgIpc) is 3.00. The van der Waals surface area contributed by atoms with Gasteiger partial charge in [-0.1, -0.05) is 30.3 Å². The van der Waals surface area contributed by atoms with Gasteiger partial charge in [-0.3, -0.25) is 9.59 Å². The van der Waals surface area contributed by atoms with E-state index in [0.717, 1.165) is 12.3 Å². The van der Waals surface area contributed by atoms with Crippen LogP contribution in [0, 0.1) is 0 Å². The third-order valence-electron chi connectivity index (χ3n) is 3.14. The Morgan fingerprint density at radius 3 is 2.48 bits per heavy atom. The Balaban J connectivity index is 1.69. The Labute approximate surface area is 134 Å². The number of carbonyl (C=O) groups excluding carboxylic acids is 2. The van der Waals surface area contributed by atoms with Crippen molar-refractivity contribution in [3.05, 3.63) is 59.5 Å². The van der Waals surface area contributed by atoms with Crippen LogP contribution in [0.5, 0.6) is 0 Å². The van der Waals surface area contributed by atoms with Crippen molar-refractivity contribution in [2.24, 2.45) is 5.73 Å². The normalized spacial score (nSPS) is 10.4.